The van der Waals surface area contributed by atoms with Gasteiger partial charge in [0.2, 0.25) is 0 Å². The number of aliphatic carboxylic acids is 1. The van der Waals surface area contributed by atoms with Crippen LogP contribution in [0.2, 0.25) is 0 Å². The van der Waals surface area contributed by atoms with E-state index >= 15 is 0 Å². The molecule has 0 aromatic heterocycles. The molecule has 0 fully saturated rings. The topological polar surface area (TPSA) is 49.3 Å². The van der Waals surface area contributed by atoms with Crippen LogP contribution in [0.15, 0.2) is 53.0 Å². The van der Waals surface area contributed by atoms with E-state index in [2.05, 4.69) is 21.2 Å². The second-order valence-corrected chi connectivity index (χ2v) is 5.76. The van der Waals surface area contributed by atoms with Crippen LogP contribution in [-0.2, 0) is 10.3 Å². The van der Waals surface area contributed by atoms with Crippen LogP contribution in [0.5, 0.6) is 0 Å². The lowest BCUT2D eigenvalue weighted by molar-refractivity contribution is -0.142. The molecule has 2 N–H and O–H groups in total. The summed E-state index contributed by atoms with van der Waals surface area (Å²) in [4.78, 5) is 11.8. The molecule has 3 nitrogen and oxygen atoms in total. The zero-order valence-corrected chi connectivity index (χ0v) is 12.9. The van der Waals surface area contributed by atoms with E-state index < -0.39 is 11.5 Å². The van der Waals surface area contributed by atoms with Gasteiger partial charge in [-0.2, -0.15) is 0 Å². The Kier molecular flexibility index (Phi) is 4.14. The Morgan fingerprint density at radius 1 is 1.20 bits per heavy atom. The molecule has 0 spiro atoms. The number of carboxylic acid groups (broad SMARTS) is 1. The average Bonchev–Trinajstić information content (AvgIpc) is 2.38. The smallest absolute Gasteiger partial charge is 0.333 e. The SMILES string of the molecule is Cc1cccc(NC(C)(C(=O)O)c2ccccc2Br)c1. The lowest BCUT2D eigenvalue weighted by Crippen LogP contribution is -2.40. The van der Waals surface area contributed by atoms with Gasteiger partial charge in [-0.15, -0.1) is 0 Å². The number of carboxylic acids is 1. The van der Waals surface area contributed by atoms with Gasteiger partial charge >= 0.3 is 5.97 Å². The van der Waals surface area contributed by atoms with E-state index in [1.807, 2.05) is 49.4 Å². The summed E-state index contributed by atoms with van der Waals surface area (Å²) in [5, 5.41) is 12.8. The third-order valence-electron chi connectivity index (χ3n) is 3.25. The molecule has 0 radical (unpaired) electrons. The monoisotopic (exact) mass is 333 g/mol. The van der Waals surface area contributed by atoms with Crippen molar-refractivity contribution in [3.63, 3.8) is 0 Å². The van der Waals surface area contributed by atoms with Crippen molar-refractivity contribution in [2.45, 2.75) is 19.4 Å². The number of aryl methyl sites for hydroxylation is 1. The third kappa shape index (κ3) is 2.85. The van der Waals surface area contributed by atoms with E-state index in [0.29, 0.717) is 5.56 Å². The molecule has 0 bridgehead atoms. The molecular weight excluding hydrogens is 318 g/mol. The summed E-state index contributed by atoms with van der Waals surface area (Å²) in [5.41, 5.74) is 1.35. The lowest BCUT2D eigenvalue weighted by atomic mass is 9.91. The predicted molar refractivity (Wildman–Crippen MR) is 83.9 cm³/mol. The molecule has 2 aromatic carbocycles. The minimum atomic E-state index is -1.20. The minimum Gasteiger partial charge on any atom is -0.479 e. The Hall–Kier alpha value is -1.81. The van der Waals surface area contributed by atoms with Crippen LogP contribution in [0.4, 0.5) is 5.69 Å². The van der Waals surface area contributed by atoms with Crippen LogP contribution in [0, 0.1) is 6.92 Å². The number of carbonyl (C=O) groups is 1. The number of nitrogens with one attached hydrogen (secondary N) is 1. The van der Waals surface area contributed by atoms with Gasteiger partial charge in [0.25, 0.3) is 0 Å². The Balaban J connectivity index is 2.46. The zero-order valence-electron chi connectivity index (χ0n) is 11.4. The number of rotatable bonds is 4. The molecule has 0 saturated heterocycles. The van der Waals surface area contributed by atoms with Gasteiger partial charge in [0.15, 0.2) is 5.54 Å². The quantitative estimate of drug-likeness (QED) is 0.882. The van der Waals surface area contributed by atoms with E-state index in [1.165, 1.54) is 0 Å². The molecule has 2 aromatic rings. The van der Waals surface area contributed by atoms with Gasteiger partial charge in [-0.05, 0) is 37.6 Å². The zero-order chi connectivity index (χ0) is 14.8. The number of hydrogen-bond acceptors (Lipinski definition) is 2. The Morgan fingerprint density at radius 2 is 1.90 bits per heavy atom. The van der Waals surface area contributed by atoms with Crippen LogP contribution < -0.4 is 5.32 Å². The lowest BCUT2D eigenvalue weighted by Gasteiger charge is -2.29. The summed E-state index contributed by atoms with van der Waals surface area (Å²) in [6.07, 6.45) is 0. The van der Waals surface area contributed by atoms with E-state index in [-0.39, 0.29) is 0 Å². The Labute approximate surface area is 126 Å². The molecule has 104 valence electrons. The molecule has 0 saturated carbocycles. The van der Waals surface area contributed by atoms with Crippen molar-refractivity contribution >= 4 is 27.6 Å². The standard InChI is InChI=1S/C16H16BrNO2/c1-11-6-5-7-12(10-11)18-16(2,15(19)20)13-8-3-4-9-14(13)17/h3-10,18H,1-2H3,(H,19,20). The summed E-state index contributed by atoms with van der Waals surface area (Å²) in [6, 6.07) is 15.0. The molecule has 0 heterocycles. The average molecular weight is 334 g/mol. The largest absolute Gasteiger partial charge is 0.479 e. The van der Waals surface area contributed by atoms with E-state index in [1.54, 1.807) is 13.0 Å². The summed E-state index contributed by atoms with van der Waals surface area (Å²) < 4.78 is 0.769. The second kappa shape index (κ2) is 5.67. The molecule has 20 heavy (non-hydrogen) atoms. The van der Waals surface area contributed by atoms with Gasteiger partial charge in [-0.3, -0.25) is 0 Å². The van der Waals surface area contributed by atoms with Crippen LogP contribution in [-0.4, -0.2) is 11.1 Å². The fourth-order valence-electron chi connectivity index (χ4n) is 2.11. The minimum absolute atomic E-state index is 0.689. The van der Waals surface area contributed by atoms with Crippen LogP contribution in [0.25, 0.3) is 0 Å². The molecule has 4 heteroatoms. The van der Waals surface area contributed by atoms with Crippen molar-refractivity contribution < 1.29 is 9.90 Å². The van der Waals surface area contributed by atoms with E-state index in [0.717, 1.165) is 15.7 Å². The normalized spacial score (nSPS) is 13.6. The Morgan fingerprint density at radius 3 is 2.50 bits per heavy atom. The first-order valence-electron chi connectivity index (χ1n) is 6.27. The van der Waals surface area contributed by atoms with Crippen molar-refractivity contribution in [3.05, 3.63) is 64.1 Å². The van der Waals surface area contributed by atoms with E-state index in [9.17, 15) is 9.90 Å². The molecule has 0 aliphatic rings. The van der Waals surface area contributed by atoms with Crippen molar-refractivity contribution in [1.82, 2.24) is 0 Å². The first-order valence-corrected chi connectivity index (χ1v) is 7.06. The first kappa shape index (κ1) is 14.6. The fourth-order valence-corrected chi connectivity index (χ4v) is 2.80. The third-order valence-corrected chi connectivity index (χ3v) is 3.94. The van der Waals surface area contributed by atoms with Gasteiger partial charge in [0.1, 0.15) is 0 Å². The number of hydrogen-bond donors (Lipinski definition) is 2. The molecule has 2 rings (SSSR count). The molecule has 0 aliphatic carbocycles. The van der Waals surface area contributed by atoms with Crippen LogP contribution >= 0.6 is 15.9 Å². The number of benzene rings is 2. The van der Waals surface area contributed by atoms with Gasteiger partial charge in [-0.25, -0.2) is 4.79 Å². The fraction of sp³-hybridized carbons (Fsp3) is 0.188. The van der Waals surface area contributed by atoms with Crippen molar-refractivity contribution in [2.24, 2.45) is 0 Å². The maximum Gasteiger partial charge on any atom is 0.333 e. The molecule has 0 aliphatic heterocycles. The van der Waals surface area contributed by atoms with Gasteiger partial charge in [0, 0.05) is 15.7 Å². The predicted octanol–water partition coefficient (Wildman–Crippen LogP) is 4.17. The highest BCUT2D eigenvalue weighted by atomic mass is 79.9. The Bertz CT molecular complexity index is 642. The number of anilines is 1. The van der Waals surface area contributed by atoms with Gasteiger partial charge < -0.3 is 10.4 Å². The van der Waals surface area contributed by atoms with Gasteiger partial charge in [-0.1, -0.05) is 46.3 Å². The number of halogens is 1. The highest BCUT2D eigenvalue weighted by molar-refractivity contribution is 9.10. The maximum absolute atomic E-state index is 11.8. The van der Waals surface area contributed by atoms with Crippen molar-refractivity contribution in [3.8, 4) is 0 Å². The van der Waals surface area contributed by atoms with Crippen LogP contribution in [0.1, 0.15) is 18.1 Å². The second-order valence-electron chi connectivity index (χ2n) is 4.90. The van der Waals surface area contributed by atoms with Crippen LogP contribution in [0.3, 0.4) is 0 Å². The molecule has 1 atom stereocenters. The highest BCUT2D eigenvalue weighted by Gasteiger charge is 2.36. The first-order chi connectivity index (χ1) is 9.43. The summed E-state index contributed by atoms with van der Waals surface area (Å²) in [5.74, 6) is -0.925. The van der Waals surface area contributed by atoms with Crippen molar-refractivity contribution in [1.29, 1.82) is 0 Å². The molecular formula is C16H16BrNO2. The maximum atomic E-state index is 11.8. The van der Waals surface area contributed by atoms with Crippen molar-refractivity contribution in [2.75, 3.05) is 5.32 Å². The summed E-state index contributed by atoms with van der Waals surface area (Å²) >= 11 is 3.42. The molecule has 1 unspecified atom stereocenters. The highest BCUT2D eigenvalue weighted by Crippen LogP contribution is 2.32. The van der Waals surface area contributed by atoms with Gasteiger partial charge in [0.05, 0.1) is 0 Å². The van der Waals surface area contributed by atoms with E-state index in [4.69, 9.17) is 0 Å². The summed E-state index contributed by atoms with van der Waals surface area (Å²) in [7, 11) is 0. The summed E-state index contributed by atoms with van der Waals surface area (Å²) in [6.45, 7) is 3.64. The molecule has 0 amide bonds.